The van der Waals surface area contributed by atoms with Gasteiger partial charge in [0.15, 0.2) is 18.9 Å². The Kier molecular flexibility index (Phi) is 32.3. The molecule has 3 fully saturated rings. The molecule has 3 N–H and O–H groups in total. The molecule has 9 aromatic rings. The number of halogens is 3. The van der Waals surface area contributed by atoms with E-state index in [1.165, 1.54) is 0 Å². The molecule has 566 valence electrons. The van der Waals surface area contributed by atoms with Gasteiger partial charge in [-0.3, -0.25) is 0 Å². The number of nitrogens with two attached hydrogens (primary N) is 1. The summed E-state index contributed by atoms with van der Waals surface area (Å²) in [6.07, 6.45) is -16.6. The smallest absolute Gasteiger partial charge is 0.187 e. The van der Waals surface area contributed by atoms with Crippen molar-refractivity contribution >= 4 is 46.6 Å². The fraction of sp³-hybridized carbons (Fsp3) is 0.372. The first kappa shape index (κ1) is 80.1. The molecule has 0 spiro atoms. The monoisotopic (exact) mass is 1530 g/mol. The van der Waals surface area contributed by atoms with E-state index >= 15 is 0 Å². The zero-order valence-corrected chi connectivity index (χ0v) is 62.7. The molecule has 0 unspecified atom stereocenters. The van der Waals surface area contributed by atoms with E-state index in [0.717, 1.165) is 61.6 Å². The van der Waals surface area contributed by atoms with Crippen LogP contribution in [0, 0.1) is 0 Å². The van der Waals surface area contributed by atoms with E-state index in [1.54, 1.807) is 48.2 Å². The fourth-order valence-electron chi connectivity index (χ4n) is 12.9. The van der Waals surface area contributed by atoms with Crippen molar-refractivity contribution in [3.8, 4) is 0 Å². The van der Waals surface area contributed by atoms with Crippen molar-refractivity contribution in [2.45, 2.75) is 158 Å². The van der Waals surface area contributed by atoms with Gasteiger partial charge in [0.25, 0.3) is 0 Å². The maximum absolute atomic E-state index is 13.5. The van der Waals surface area contributed by atoms with Gasteiger partial charge in [0.2, 0.25) is 0 Å². The summed E-state index contributed by atoms with van der Waals surface area (Å²) < 4.78 is 108. The van der Waals surface area contributed by atoms with E-state index in [4.69, 9.17) is 112 Å². The van der Waals surface area contributed by atoms with Crippen molar-refractivity contribution in [3.63, 3.8) is 0 Å². The molecule has 0 radical (unpaired) electrons. The molecule has 15 atom stereocenters. The van der Waals surface area contributed by atoms with Crippen LogP contribution in [0.1, 0.15) is 56.5 Å². The Balaban J connectivity index is 0.984. The molecule has 0 aliphatic carbocycles. The van der Waals surface area contributed by atoms with Crippen LogP contribution in [0.5, 0.6) is 0 Å². The second kappa shape index (κ2) is 43.2. The molecular weight excluding hydrogens is 1440 g/mol. The molecular formula is C86H94Cl3NO16S. The Morgan fingerprint density at radius 1 is 0.299 bits per heavy atom. The highest BCUT2D eigenvalue weighted by atomic mass is 35.5. The van der Waals surface area contributed by atoms with Crippen molar-refractivity contribution in [1.29, 1.82) is 0 Å². The van der Waals surface area contributed by atoms with Gasteiger partial charge in [0.1, 0.15) is 73.2 Å². The van der Waals surface area contributed by atoms with Crippen LogP contribution in [0.15, 0.2) is 255 Å². The van der Waals surface area contributed by atoms with E-state index in [1.807, 2.05) is 218 Å². The number of ether oxygens (including phenoxy) is 15. The summed E-state index contributed by atoms with van der Waals surface area (Å²) in [7, 11) is 0. The van der Waals surface area contributed by atoms with Crippen LogP contribution < -0.4 is 5.73 Å². The second-order valence-corrected chi connectivity index (χ2v) is 29.0. The summed E-state index contributed by atoms with van der Waals surface area (Å²) in [5.74, 6) is 1.55. The van der Waals surface area contributed by atoms with Crippen molar-refractivity contribution in [3.05, 3.63) is 320 Å². The summed E-state index contributed by atoms with van der Waals surface area (Å²) >= 11 is 21.0. The van der Waals surface area contributed by atoms with Crippen LogP contribution in [0.3, 0.4) is 0 Å². The number of aliphatic hydroxyl groups is 1. The maximum Gasteiger partial charge on any atom is 0.187 e. The Bertz CT molecular complexity index is 3920. The Morgan fingerprint density at radius 3 is 0.944 bits per heavy atom. The highest BCUT2D eigenvalue weighted by Crippen LogP contribution is 2.40. The van der Waals surface area contributed by atoms with Crippen LogP contribution >= 0.6 is 46.6 Å². The number of rotatable bonds is 41. The molecule has 3 heterocycles. The lowest BCUT2D eigenvalue weighted by atomic mass is 9.95. The van der Waals surface area contributed by atoms with Crippen molar-refractivity contribution in [2.24, 2.45) is 5.73 Å². The minimum absolute atomic E-state index is 0.0197. The van der Waals surface area contributed by atoms with Gasteiger partial charge in [-0.1, -0.05) is 253 Å². The summed E-state index contributed by atoms with van der Waals surface area (Å²) in [4.78, 5) is 0. The summed E-state index contributed by atoms with van der Waals surface area (Å²) in [6, 6.07) is 81.5. The normalized spacial score (nSPS) is 24.5. The maximum atomic E-state index is 13.5. The predicted octanol–water partition coefficient (Wildman–Crippen LogP) is 15.5. The highest BCUT2D eigenvalue weighted by molar-refractivity contribution is 7.99. The van der Waals surface area contributed by atoms with Gasteiger partial charge in [-0.2, -0.15) is 11.8 Å². The van der Waals surface area contributed by atoms with Crippen LogP contribution in [0.25, 0.3) is 0 Å². The van der Waals surface area contributed by atoms with Gasteiger partial charge < -0.3 is 81.9 Å². The van der Waals surface area contributed by atoms with Crippen molar-refractivity contribution in [1.82, 2.24) is 0 Å². The van der Waals surface area contributed by atoms with Crippen LogP contribution in [0.2, 0.25) is 15.1 Å². The molecule has 0 aromatic heterocycles. The lowest BCUT2D eigenvalue weighted by Crippen LogP contribution is -2.68. The first-order valence-corrected chi connectivity index (χ1v) is 38.7. The van der Waals surface area contributed by atoms with Gasteiger partial charge >= 0.3 is 0 Å². The molecule has 107 heavy (non-hydrogen) atoms. The highest BCUT2D eigenvalue weighted by Gasteiger charge is 2.57. The number of hydrogen-bond donors (Lipinski definition) is 2. The van der Waals surface area contributed by atoms with Gasteiger partial charge in [-0.15, -0.1) is 0 Å². The minimum Gasteiger partial charge on any atom is -0.385 e. The first-order valence-electron chi connectivity index (χ1n) is 36.4. The average molecular weight is 1540 g/mol. The van der Waals surface area contributed by atoms with Gasteiger partial charge in [0, 0.05) is 27.4 Å². The van der Waals surface area contributed by atoms with E-state index < -0.39 is 92.1 Å². The second-order valence-electron chi connectivity index (χ2n) is 26.4. The SMILES string of the molecule is NCCSCCCO[C@@H]1O[C@H](COCc2ccccc2)[C@@H](OCc2ccccc2)[C@H](OCc2ccccc2)[C@@H]1O[C@@H]1O[C@H](COCc2ccccc2)[C@@H](OCc2ccccc2)[C@H](OCc2ccccc2)[C@@H]1O[C@@H]1O[C@H](COCc2ccc(Cl)cc2)[C@@H](OCc2ccc(Cl)cc2)[C@H](OCc2ccc(Cl)cc2)[C@@H]1O. The number of benzene rings is 9. The van der Waals surface area contributed by atoms with Crippen LogP contribution in [-0.4, -0.2) is 142 Å². The van der Waals surface area contributed by atoms with Gasteiger partial charge in [-0.05, 0) is 98.6 Å². The molecule has 17 nitrogen and oxygen atoms in total. The zero-order chi connectivity index (χ0) is 73.6. The predicted molar refractivity (Wildman–Crippen MR) is 412 cm³/mol. The summed E-state index contributed by atoms with van der Waals surface area (Å²) in [5.41, 5.74) is 13.9. The molecule has 21 heteroatoms. The molecule has 12 rings (SSSR count). The number of aliphatic hydroxyl groups excluding tert-OH is 1. The Morgan fingerprint density at radius 2 is 0.579 bits per heavy atom. The molecule has 3 aliphatic heterocycles. The zero-order valence-electron chi connectivity index (χ0n) is 59.6. The fourth-order valence-corrected chi connectivity index (χ4v) is 14.0. The largest absolute Gasteiger partial charge is 0.385 e. The molecule has 3 aliphatic rings. The first-order chi connectivity index (χ1) is 52.7. The standard InChI is InChI=1S/C86H94Cl3NO16S/c87-69-38-32-66(33-39-69)50-94-57-72-76(96-55-67-34-40-70(88)41-35-67)79(99-56-68-36-42-71(89)43-37-68)75(91)84(102-72)105-83-81(101-54-65-30-17-6-18-31-65)78(98-52-63-26-13-4-14-27-63)74(59-93-49-61-22-9-2-10-23-61)104-86(83)106-82-80(100-53-64-28-15-5-16-29-64)77(97-51-62-24-11-3-12-25-62)73(58-92-48-60-20-7-1-8-21-60)103-85(82)95-45-19-46-107-47-44-90/h1-18,20-43,72-86,91H,19,44-59,90H2/t72-,73-,74-,75+,76-,77-,78-,79-,80+,81+,82+,83+,84+,85-,86+/m1/s1. The van der Waals surface area contributed by atoms with E-state index in [-0.39, 0.29) is 79.3 Å². The summed E-state index contributed by atoms with van der Waals surface area (Å²) in [6.45, 7) is 2.06. The van der Waals surface area contributed by atoms with E-state index in [9.17, 15) is 5.11 Å². The molecule has 0 bridgehead atoms. The van der Waals surface area contributed by atoms with Gasteiger partial charge in [0.05, 0.1) is 85.9 Å². The van der Waals surface area contributed by atoms with E-state index in [0.29, 0.717) is 34.6 Å². The lowest BCUT2D eigenvalue weighted by molar-refractivity contribution is -0.404. The van der Waals surface area contributed by atoms with Crippen molar-refractivity contribution in [2.75, 3.05) is 44.5 Å². The summed E-state index contributed by atoms with van der Waals surface area (Å²) in [5, 5.41) is 15.2. The molecule has 3 saturated heterocycles. The molecule has 9 aromatic carbocycles. The quantitative estimate of drug-likeness (QED) is 0.0345. The molecule has 0 amide bonds. The van der Waals surface area contributed by atoms with E-state index in [2.05, 4.69) is 0 Å². The van der Waals surface area contributed by atoms with Crippen LogP contribution in [-0.2, 0) is 131 Å². The Labute approximate surface area is 646 Å². The molecule has 0 saturated carbocycles. The minimum atomic E-state index is -1.60. The third-order valence-electron chi connectivity index (χ3n) is 18.5. The lowest BCUT2D eigenvalue weighted by Gasteiger charge is -2.51. The third kappa shape index (κ3) is 24.8. The van der Waals surface area contributed by atoms with Crippen molar-refractivity contribution < 1.29 is 76.2 Å². The average Bonchev–Trinajstić information content (AvgIpc) is 0.763. The third-order valence-corrected chi connectivity index (χ3v) is 20.3. The number of thioether (sulfide) groups is 1. The number of hydrogen-bond acceptors (Lipinski definition) is 18. The van der Waals surface area contributed by atoms with Gasteiger partial charge in [-0.25, -0.2) is 0 Å². The van der Waals surface area contributed by atoms with Crippen LogP contribution in [0.4, 0.5) is 0 Å². The Hall–Kier alpha value is -6.48. The topological polar surface area (TPSA) is 185 Å².